The van der Waals surface area contributed by atoms with Crippen LogP contribution in [0.15, 0.2) is 53.7 Å². The van der Waals surface area contributed by atoms with Gasteiger partial charge in [-0.15, -0.1) is 0 Å². The Labute approximate surface area is 208 Å². The lowest BCUT2D eigenvalue weighted by Crippen LogP contribution is -2.31. The average Bonchev–Trinajstić information content (AvgIpc) is 2.86. The molecule has 2 aromatic heterocycles. The maximum absolute atomic E-state index is 12.4. The van der Waals surface area contributed by atoms with Gasteiger partial charge in [0, 0.05) is 30.9 Å². The number of nitrogens with one attached hydrogen (secondary N) is 1. The molecule has 0 saturated carbocycles. The number of pyridine rings is 2. The monoisotopic (exact) mass is 476 g/mol. The molecule has 0 radical (unpaired) electrons. The van der Waals surface area contributed by atoms with Crippen molar-refractivity contribution in [2.45, 2.75) is 47.6 Å². The second-order valence-corrected chi connectivity index (χ2v) is 7.88. The average molecular weight is 477 g/mol. The third-order valence-corrected chi connectivity index (χ3v) is 5.35. The fourth-order valence-corrected chi connectivity index (χ4v) is 3.61. The molecule has 0 aliphatic rings. The molecule has 3 aromatic rings. The number of aromatic nitrogens is 2. The topological polar surface area (TPSA) is 85.7 Å². The largest absolute Gasteiger partial charge is 0.497 e. The number of hydrogen-bond acceptors (Lipinski definition) is 6. The van der Waals surface area contributed by atoms with Crippen molar-refractivity contribution in [2.75, 3.05) is 20.8 Å². The molecule has 0 fully saturated rings. The van der Waals surface area contributed by atoms with Gasteiger partial charge >= 0.3 is 0 Å². The van der Waals surface area contributed by atoms with Crippen LogP contribution in [0.2, 0.25) is 0 Å². The van der Waals surface area contributed by atoms with E-state index in [-0.39, 0.29) is 18.6 Å². The van der Waals surface area contributed by atoms with Gasteiger partial charge in [0.25, 0.3) is 5.91 Å². The van der Waals surface area contributed by atoms with Gasteiger partial charge in [0.2, 0.25) is 5.88 Å². The zero-order chi connectivity index (χ0) is 26.0. The summed E-state index contributed by atoms with van der Waals surface area (Å²) in [5.74, 6) is 0.886. The molecule has 2 heterocycles. The standard InChI is InChI=1S/C26H30N4O3.C2H6/c1-16-7-9-20(10-8-16)18(3)29-23(31)15-33-24-13-17(2)25(19(4)30-24)26(27-5)22-14-21(32-6)11-12-28-22;1-2/h7-14,18H,15H2,1-6H3,(H,29,31);1-2H3/t18-;/m0./s1. The van der Waals surface area contributed by atoms with Crippen molar-refractivity contribution in [3.05, 3.63) is 82.3 Å². The molecule has 7 nitrogen and oxygen atoms in total. The van der Waals surface area contributed by atoms with Crippen molar-refractivity contribution in [3.8, 4) is 11.6 Å². The Balaban J connectivity index is 0.00000210. The predicted molar refractivity (Wildman–Crippen MR) is 141 cm³/mol. The Hall–Kier alpha value is -3.74. The normalized spacial score (nSPS) is 11.7. The maximum atomic E-state index is 12.4. The van der Waals surface area contributed by atoms with Gasteiger partial charge in [0.15, 0.2) is 6.61 Å². The van der Waals surface area contributed by atoms with Crippen LogP contribution in [0.3, 0.4) is 0 Å². The molecule has 7 heteroatoms. The van der Waals surface area contributed by atoms with E-state index in [0.717, 1.165) is 22.4 Å². The third kappa shape index (κ3) is 7.37. The first-order valence-electron chi connectivity index (χ1n) is 11.8. The SMILES string of the molecule is CC.CN=C(c1cc(OC)ccn1)c1c(C)cc(OCC(=O)N[C@@H](C)c2ccc(C)cc2)nc1C. The third-order valence-electron chi connectivity index (χ3n) is 5.35. The number of nitrogens with zero attached hydrogens (tertiary/aromatic N) is 3. The summed E-state index contributed by atoms with van der Waals surface area (Å²) in [4.78, 5) is 25.8. The van der Waals surface area contributed by atoms with E-state index in [2.05, 4.69) is 20.3 Å². The van der Waals surface area contributed by atoms with Crippen molar-refractivity contribution in [1.29, 1.82) is 0 Å². The number of aryl methyl sites for hydroxylation is 3. The van der Waals surface area contributed by atoms with Crippen molar-refractivity contribution < 1.29 is 14.3 Å². The molecule has 35 heavy (non-hydrogen) atoms. The van der Waals surface area contributed by atoms with Crippen LogP contribution in [0, 0.1) is 20.8 Å². The van der Waals surface area contributed by atoms with Gasteiger partial charge in [-0.1, -0.05) is 43.7 Å². The minimum atomic E-state index is -0.208. The van der Waals surface area contributed by atoms with Crippen LogP contribution in [0.5, 0.6) is 11.6 Å². The lowest BCUT2D eigenvalue weighted by atomic mass is 10.00. The lowest BCUT2D eigenvalue weighted by Gasteiger charge is -2.16. The minimum Gasteiger partial charge on any atom is -0.497 e. The summed E-state index contributed by atoms with van der Waals surface area (Å²) in [6.07, 6.45) is 1.69. The second-order valence-electron chi connectivity index (χ2n) is 7.88. The van der Waals surface area contributed by atoms with Gasteiger partial charge < -0.3 is 14.8 Å². The summed E-state index contributed by atoms with van der Waals surface area (Å²) < 4.78 is 11.0. The van der Waals surface area contributed by atoms with Crippen molar-refractivity contribution in [1.82, 2.24) is 15.3 Å². The van der Waals surface area contributed by atoms with Gasteiger partial charge in [0.1, 0.15) is 5.75 Å². The molecular formula is C28H36N4O3. The van der Waals surface area contributed by atoms with Crippen LogP contribution >= 0.6 is 0 Å². The van der Waals surface area contributed by atoms with Crippen LogP contribution in [-0.4, -0.2) is 42.4 Å². The molecule has 3 rings (SSSR count). The molecule has 0 bridgehead atoms. The van der Waals surface area contributed by atoms with Crippen molar-refractivity contribution in [3.63, 3.8) is 0 Å². The lowest BCUT2D eigenvalue weighted by molar-refractivity contribution is -0.123. The molecule has 0 saturated heterocycles. The van der Waals surface area contributed by atoms with Crippen LogP contribution < -0.4 is 14.8 Å². The van der Waals surface area contributed by atoms with Crippen LogP contribution in [0.25, 0.3) is 0 Å². The number of ether oxygens (including phenoxy) is 2. The molecule has 1 atom stereocenters. The number of hydrogen-bond donors (Lipinski definition) is 1. The summed E-state index contributed by atoms with van der Waals surface area (Å²) in [6.45, 7) is 11.7. The Morgan fingerprint density at radius 3 is 2.37 bits per heavy atom. The van der Waals surface area contributed by atoms with Gasteiger partial charge in [-0.05, 0) is 44.9 Å². The second kappa shape index (κ2) is 13.2. The zero-order valence-corrected chi connectivity index (χ0v) is 22.0. The molecular weight excluding hydrogens is 440 g/mol. The molecule has 186 valence electrons. The molecule has 0 aliphatic heterocycles. The fourth-order valence-electron chi connectivity index (χ4n) is 3.61. The first-order chi connectivity index (χ1) is 16.8. The summed E-state index contributed by atoms with van der Waals surface area (Å²) in [6, 6.07) is 13.4. The van der Waals surface area contributed by atoms with E-state index in [1.165, 1.54) is 5.56 Å². The predicted octanol–water partition coefficient (Wildman–Crippen LogP) is 5.16. The fraction of sp³-hybridized carbons (Fsp3) is 0.357. The molecule has 0 unspecified atom stereocenters. The van der Waals surface area contributed by atoms with Crippen LogP contribution in [-0.2, 0) is 4.79 Å². The Morgan fingerprint density at radius 2 is 1.77 bits per heavy atom. The Kier molecular flexibility index (Phi) is 10.4. The Bertz CT molecular complexity index is 1130. The zero-order valence-electron chi connectivity index (χ0n) is 22.0. The summed E-state index contributed by atoms with van der Waals surface area (Å²) >= 11 is 0. The van der Waals surface area contributed by atoms with E-state index in [1.807, 2.05) is 77.9 Å². The minimum absolute atomic E-state index is 0.112. The van der Waals surface area contributed by atoms with Crippen LogP contribution in [0.4, 0.5) is 0 Å². The first-order valence-corrected chi connectivity index (χ1v) is 11.8. The highest BCUT2D eigenvalue weighted by Crippen LogP contribution is 2.23. The van der Waals surface area contributed by atoms with E-state index >= 15 is 0 Å². The van der Waals surface area contributed by atoms with Crippen LogP contribution in [0.1, 0.15) is 60.5 Å². The molecule has 1 amide bonds. The quantitative estimate of drug-likeness (QED) is 0.454. The number of amides is 1. The molecule has 1 aromatic carbocycles. The maximum Gasteiger partial charge on any atom is 0.258 e. The first kappa shape index (κ1) is 27.5. The smallest absolute Gasteiger partial charge is 0.258 e. The van der Waals surface area contributed by atoms with E-state index < -0.39 is 0 Å². The van der Waals surface area contributed by atoms with Gasteiger partial charge in [-0.25, -0.2) is 4.98 Å². The molecule has 0 spiro atoms. The number of carbonyl (C=O) groups excluding carboxylic acids is 1. The highest BCUT2D eigenvalue weighted by atomic mass is 16.5. The van der Waals surface area contributed by atoms with Gasteiger partial charge in [0.05, 0.1) is 30.3 Å². The van der Waals surface area contributed by atoms with E-state index in [4.69, 9.17) is 9.47 Å². The molecule has 1 N–H and O–H groups in total. The van der Waals surface area contributed by atoms with E-state index in [0.29, 0.717) is 23.0 Å². The van der Waals surface area contributed by atoms with Crippen molar-refractivity contribution in [2.24, 2.45) is 4.99 Å². The number of rotatable bonds is 8. The summed E-state index contributed by atoms with van der Waals surface area (Å²) in [7, 11) is 3.34. The Morgan fingerprint density at radius 1 is 1.09 bits per heavy atom. The highest BCUT2D eigenvalue weighted by Gasteiger charge is 2.17. The number of carbonyl (C=O) groups is 1. The number of benzene rings is 1. The summed E-state index contributed by atoms with van der Waals surface area (Å²) in [5.41, 5.74) is 6.18. The highest BCUT2D eigenvalue weighted by molar-refractivity contribution is 6.13. The number of methoxy groups -OCH3 is 1. The van der Waals surface area contributed by atoms with E-state index in [9.17, 15) is 4.79 Å². The van der Waals surface area contributed by atoms with Gasteiger partial charge in [-0.2, -0.15) is 0 Å². The van der Waals surface area contributed by atoms with Crippen molar-refractivity contribution >= 4 is 11.6 Å². The summed E-state index contributed by atoms with van der Waals surface area (Å²) in [5, 5.41) is 2.96. The van der Waals surface area contributed by atoms with E-state index in [1.54, 1.807) is 26.4 Å². The number of aliphatic imine (C=N–C) groups is 1. The van der Waals surface area contributed by atoms with Gasteiger partial charge in [-0.3, -0.25) is 14.8 Å². The molecule has 0 aliphatic carbocycles.